The molecule has 3 heterocycles. The fraction of sp³-hybridized carbons (Fsp3) is 0.682. The topological polar surface area (TPSA) is 47.6 Å². The number of nitrogens with zero attached hydrogens (tertiary/aromatic N) is 2. The van der Waals surface area contributed by atoms with Gasteiger partial charge in [-0.25, -0.2) is 4.79 Å². The summed E-state index contributed by atoms with van der Waals surface area (Å²) in [5.41, 5.74) is 1.69. The minimum absolute atomic E-state index is 0.128. The summed E-state index contributed by atoms with van der Waals surface area (Å²) in [5.74, 6) is 0. The molecule has 148 valence electrons. The Kier molecular flexibility index (Phi) is 5.98. The van der Waals surface area contributed by atoms with Crippen LogP contribution < -0.4 is 10.6 Å². The van der Waals surface area contributed by atoms with E-state index in [9.17, 15) is 4.79 Å². The van der Waals surface area contributed by atoms with Crippen molar-refractivity contribution in [2.45, 2.75) is 44.6 Å². The Morgan fingerprint density at radius 2 is 1.78 bits per heavy atom. The standard InChI is InChI=1S/C22H34N4O/c27-21(26-16-11-22(18-26)9-12-23-13-10-22)24-17-20(19-7-3-1-4-8-19)25-14-5-2-6-15-25/h1,3-4,7-8,20,23H,2,5-6,9-18H2,(H,24,27)/t20-/m0/s1. The van der Waals surface area contributed by atoms with E-state index in [1.165, 1.54) is 37.7 Å². The summed E-state index contributed by atoms with van der Waals surface area (Å²) in [6, 6.07) is 11.1. The first kappa shape index (κ1) is 18.8. The molecule has 5 nitrogen and oxygen atoms in total. The molecule has 0 saturated carbocycles. The summed E-state index contributed by atoms with van der Waals surface area (Å²) < 4.78 is 0. The van der Waals surface area contributed by atoms with Gasteiger partial charge in [-0.1, -0.05) is 36.8 Å². The van der Waals surface area contributed by atoms with E-state index >= 15 is 0 Å². The number of amides is 2. The maximum absolute atomic E-state index is 12.9. The third-order valence-corrected chi connectivity index (χ3v) is 6.85. The zero-order chi connectivity index (χ0) is 18.5. The lowest BCUT2D eigenvalue weighted by Gasteiger charge is -2.36. The van der Waals surface area contributed by atoms with E-state index in [-0.39, 0.29) is 12.1 Å². The van der Waals surface area contributed by atoms with E-state index < -0.39 is 0 Å². The number of benzene rings is 1. The first-order valence-electron chi connectivity index (χ1n) is 10.8. The van der Waals surface area contributed by atoms with Crippen molar-refractivity contribution in [2.24, 2.45) is 5.41 Å². The number of urea groups is 1. The molecule has 2 amide bonds. The number of hydrogen-bond acceptors (Lipinski definition) is 3. The number of carbonyl (C=O) groups excluding carboxylic acids is 1. The van der Waals surface area contributed by atoms with Gasteiger partial charge >= 0.3 is 6.03 Å². The van der Waals surface area contributed by atoms with E-state index in [2.05, 4.69) is 50.8 Å². The van der Waals surface area contributed by atoms with Crippen LogP contribution in [0.25, 0.3) is 0 Å². The van der Waals surface area contributed by atoms with Crippen LogP contribution in [0.1, 0.15) is 50.1 Å². The van der Waals surface area contributed by atoms with E-state index in [4.69, 9.17) is 0 Å². The fourth-order valence-corrected chi connectivity index (χ4v) is 5.13. The molecule has 4 rings (SSSR count). The quantitative estimate of drug-likeness (QED) is 0.857. The average Bonchev–Trinajstić information content (AvgIpc) is 3.13. The third-order valence-electron chi connectivity index (χ3n) is 6.85. The van der Waals surface area contributed by atoms with E-state index in [1.807, 2.05) is 0 Å². The average molecular weight is 371 g/mol. The number of nitrogens with one attached hydrogen (secondary N) is 2. The van der Waals surface area contributed by atoms with Crippen molar-refractivity contribution < 1.29 is 4.79 Å². The molecule has 3 aliphatic rings. The molecular formula is C22H34N4O. The minimum atomic E-state index is 0.128. The number of carbonyl (C=O) groups is 1. The lowest BCUT2D eigenvalue weighted by molar-refractivity contribution is 0.153. The second kappa shape index (κ2) is 8.61. The van der Waals surface area contributed by atoms with Crippen LogP contribution in [0.4, 0.5) is 4.79 Å². The third kappa shape index (κ3) is 4.46. The lowest BCUT2D eigenvalue weighted by Crippen LogP contribution is -2.46. The predicted molar refractivity (Wildman–Crippen MR) is 109 cm³/mol. The molecule has 0 aliphatic carbocycles. The molecule has 0 bridgehead atoms. The smallest absolute Gasteiger partial charge is 0.317 e. The van der Waals surface area contributed by atoms with Crippen molar-refractivity contribution >= 4 is 6.03 Å². The zero-order valence-electron chi connectivity index (χ0n) is 16.5. The van der Waals surface area contributed by atoms with Gasteiger partial charge in [0.2, 0.25) is 0 Å². The van der Waals surface area contributed by atoms with E-state index in [0.717, 1.165) is 45.7 Å². The molecule has 1 aromatic carbocycles. The highest BCUT2D eigenvalue weighted by molar-refractivity contribution is 5.74. The predicted octanol–water partition coefficient (Wildman–Crippen LogP) is 3.00. The molecule has 1 atom stereocenters. The van der Waals surface area contributed by atoms with Crippen LogP contribution in [0.2, 0.25) is 0 Å². The molecule has 3 saturated heterocycles. The Morgan fingerprint density at radius 3 is 2.52 bits per heavy atom. The molecule has 2 N–H and O–H groups in total. The highest BCUT2D eigenvalue weighted by Crippen LogP contribution is 2.38. The van der Waals surface area contributed by atoms with Crippen molar-refractivity contribution in [3.05, 3.63) is 35.9 Å². The zero-order valence-corrected chi connectivity index (χ0v) is 16.5. The SMILES string of the molecule is O=C(NC[C@@H](c1ccccc1)N1CCCCC1)N1CCC2(CCNCC2)C1. The Hall–Kier alpha value is -1.59. The maximum atomic E-state index is 12.9. The van der Waals surface area contributed by atoms with Gasteiger partial charge in [-0.05, 0) is 69.3 Å². The van der Waals surface area contributed by atoms with Gasteiger partial charge in [0.05, 0.1) is 6.04 Å². The normalized spacial score (nSPS) is 24.1. The summed E-state index contributed by atoms with van der Waals surface area (Å²) in [6.45, 7) is 7.01. The molecule has 1 aromatic rings. The number of piperidine rings is 2. The summed E-state index contributed by atoms with van der Waals surface area (Å²) in [5, 5.41) is 6.72. The highest BCUT2D eigenvalue weighted by Gasteiger charge is 2.40. The van der Waals surface area contributed by atoms with Gasteiger partial charge in [0.15, 0.2) is 0 Å². The summed E-state index contributed by atoms with van der Waals surface area (Å²) in [6.07, 6.45) is 7.43. The number of rotatable bonds is 4. The van der Waals surface area contributed by atoms with Crippen LogP contribution in [-0.4, -0.2) is 61.6 Å². The van der Waals surface area contributed by atoms with Crippen LogP contribution in [0, 0.1) is 5.41 Å². The molecule has 3 aliphatic heterocycles. The molecule has 5 heteroatoms. The van der Waals surface area contributed by atoms with Crippen molar-refractivity contribution in [1.29, 1.82) is 0 Å². The maximum Gasteiger partial charge on any atom is 0.317 e. The van der Waals surface area contributed by atoms with Crippen molar-refractivity contribution in [3.8, 4) is 0 Å². The Bertz CT molecular complexity index is 608. The van der Waals surface area contributed by atoms with Gasteiger partial charge in [0.25, 0.3) is 0 Å². The summed E-state index contributed by atoms with van der Waals surface area (Å²) in [4.78, 5) is 17.5. The molecule has 1 spiro atoms. The Labute approximate surface area is 163 Å². The van der Waals surface area contributed by atoms with Gasteiger partial charge in [0, 0.05) is 19.6 Å². The van der Waals surface area contributed by atoms with Gasteiger partial charge in [-0.15, -0.1) is 0 Å². The molecule has 0 radical (unpaired) electrons. The summed E-state index contributed by atoms with van der Waals surface area (Å²) >= 11 is 0. The van der Waals surface area contributed by atoms with Crippen LogP contribution in [-0.2, 0) is 0 Å². The molecule has 0 unspecified atom stereocenters. The van der Waals surface area contributed by atoms with Crippen LogP contribution in [0.3, 0.4) is 0 Å². The second-order valence-corrected chi connectivity index (χ2v) is 8.63. The van der Waals surface area contributed by atoms with Crippen LogP contribution in [0.5, 0.6) is 0 Å². The van der Waals surface area contributed by atoms with Crippen molar-refractivity contribution in [1.82, 2.24) is 20.4 Å². The molecule has 0 aromatic heterocycles. The first-order chi connectivity index (χ1) is 13.3. The van der Waals surface area contributed by atoms with Crippen molar-refractivity contribution in [3.63, 3.8) is 0 Å². The van der Waals surface area contributed by atoms with E-state index in [0.29, 0.717) is 12.0 Å². The van der Waals surface area contributed by atoms with Gasteiger partial charge in [-0.2, -0.15) is 0 Å². The highest BCUT2D eigenvalue weighted by atomic mass is 16.2. The first-order valence-corrected chi connectivity index (χ1v) is 10.8. The Balaban J connectivity index is 1.36. The molecule has 27 heavy (non-hydrogen) atoms. The lowest BCUT2D eigenvalue weighted by atomic mass is 9.78. The Morgan fingerprint density at radius 1 is 1.04 bits per heavy atom. The van der Waals surface area contributed by atoms with Crippen LogP contribution >= 0.6 is 0 Å². The minimum Gasteiger partial charge on any atom is -0.336 e. The molecule has 3 fully saturated rings. The monoisotopic (exact) mass is 370 g/mol. The number of likely N-dealkylation sites (tertiary alicyclic amines) is 2. The van der Waals surface area contributed by atoms with Gasteiger partial charge in [0.1, 0.15) is 0 Å². The molecular weight excluding hydrogens is 336 g/mol. The largest absolute Gasteiger partial charge is 0.336 e. The second-order valence-electron chi connectivity index (χ2n) is 8.63. The van der Waals surface area contributed by atoms with Crippen molar-refractivity contribution in [2.75, 3.05) is 45.8 Å². The fourth-order valence-electron chi connectivity index (χ4n) is 5.13. The van der Waals surface area contributed by atoms with Crippen LogP contribution in [0.15, 0.2) is 30.3 Å². The number of hydrogen-bond donors (Lipinski definition) is 2. The van der Waals surface area contributed by atoms with Gasteiger partial charge in [-0.3, -0.25) is 4.90 Å². The van der Waals surface area contributed by atoms with Gasteiger partial charge < -0.3 is 15.5 Å². The summed E-state index contributed by atoms with van der Waals surface area (Å²) in [7, 11) is 0. The van der Waals surface area contributed by atoms with E-state index in [1.54, 1.807) is 0 Å².